The highest BCUT2D eigenvalue weighted by Gasteiger charge is 2.57. The highest BCUT2D eigenvalue weighted by molar-refractivity contribution is 7.52. The fraction of sp³-hybridized carbons (Fsp3) is 0.476. The number of rotatable bonds is 10. The summed E-state index contributed by atoms with van der Waals surface area (Å²) in [6.07, 6.45) is -5.50. The molecule has 6 atom stereocenters. The number of halogens is 1. The summed E-state index contributed by atoms with van der Waals surface area (Å²) < 4.78 is 50.5. The molecule has 0 amide bonds. The van der Waals surface area contributed by atoms with Crippen LogP contribution >= 0.6 is 7.75 Å². The molecule has 198 valence electrons. The number of benzene rings is 1. The number of H-pyrrole nitrogens is 1. The SMILES string of the molecule is CC(C)OC(=O)[C@H](C)N[P@](=O)(OC[C@@]1(F)OC(n2ccc(=O)[nH]c2=O)[C@H](O)[C@@H]1O)Oc1ccccc1. The van der Waals surface area contributed by atoms with Gasteiger partial charge < -0.3 is 24.2 Å². The first-order valence-electron chi connectivity index (χ1n) is 10.9. The van der Waals surface area contributed by atoms with E-state index in [1.165, 1.54) is 19.1 Å². The second-order valence-electron chi connectivity index (χ2n) is 8.26. The molecule has 2 aromatic rings. The summed E-state index contributed by atoms with van der Waals surface area (Å²) in [6.45, 7) is 3.30. The third-order valence-corrected chi connectivity index (χ3v) is 6.58. The Morgan fingerprint density at radius 2 is 1.92 bits per heavy atom. The van der Waals surface area contributed by atoms with Crippen molar-refractivity contribution in [1.82, 2.24) is 14.6 Å². The van der Waals surface area contributed by atoms with Gasteiger partial charge >= 0.3 is 19.4 Å². The molecule has 0 saturated carbocycles. The fourth-order valence-electron chi connectivity index (χ4n) is 3.23. The Kier molecular flexibility index (Phi) is 8.49. The average molecular weight is 531 g/mol. The van der Waals surface area contributed by atoms with Gasteiger partial charge in [0.25, 0.3) is 11.4 Å². The van der Waals surface area contributed by atoms with Gasteiger partial charge in [-0.3, -0.25) is 23.7 Å². The third kappa shape index (κ3) is 6.46. The van der Waals surface area contributed by atoms with Crippen molar-refractivity contribution < 1.29 is 42.5 Å². The number of ether oxygens (including phenoxy) is 2. The van der Waals surface area contributed by atoms with Gasteiger partial charge in [-0.05, 0) is 32.9 Å². The van der Waals surface area contributed by atoms with E-state index in [0.29, 0.717) is 4.57 Å². The molecule has 3 rings (SSSR count). The van der Waals surface area contributed by atoms with E-state index in [4.69, 9.17) is 18.5 Å². The van der Waals surface area contributed by atoms with E-state index < -0.39 is 68.0 Å². The molecule has 36 heavy (non-hydrogen) atoms. The van der Waals surface area contributed by atoms with Gasteiger partial charge in [-0.25, -0.2) is 13.8 Å². The minimum Gasteiger partial charge on any atom is -0.462 e. The lowest BCUT2D eigenvalue weighted by atomic mass is 10.1. The van der Waals surface area contributed by atoms with Crippen LogP contribution in [0.25, 0.3) is 0 Å². The van der Waals surface area contributed by atoms with Crippen LogP contribution in [0.1, 0.15) is 27.0 Å². The molecule has 1 aromatic carbocycles. The number of alkyl halides is 1. The number of nitrogens with zero attached hydrogens (tertiary/aromatic N) is 1. The number of hydrogen-bond acceptors (Lipinski definition) is 10. The summed E-state index contributed by atoms with van der Waals surface area (Å²) in [5.41, 5.74) is -1.77. The van der Waals surface area contributed by atoms with Gasteiger partial charge in [-0.2, -0.15) is 5.09 Å². The van der Waals surface area contributed by atoms with Crippen LogP contribution in [0.5, 0.6) is 5.75 Å². The maximum absolute atomic E-state index is 15.6. The van der Waals surface area contributed by atoms with E-state index in [1.54, 1.807) is 32.0 Å². The van der Waals surface area contributed by atoms with E-state index in [9.17, 15) is 29.2 Å². The Bertz CT molecular complexity index is 1220. The molecule has 0 aliphatic carbocycles. The van der Waals surface area contributed by atoms with Crippen molar-refractivity contribution in [1.29, 1.82) is 0 Å². The molecule has 1 aliphatic rings. The zero-order valence-corrected chi connectivity index (χ0v) is 20.5. The standard InChI is InChI=1S/C21H27FN3O10P/c1-12(2)33-19(29)13(3)24-36(31,35-14-7-5-4-6-8-14)32-11-21(22)17(28)16(27)18(34-21)25-10-9-15(26)23-20(25)30/h4-10,12-13,16-18,27-28H,11H2,1-3H3,(H,24,31)(H,23,26,30)/t13-,16+,17-,18?,21+,36-/m0/s1. The topological polar surface area (TPSA) is 178 Å². The minimum atomic E-state index is -4.52. The number of para-hydroxylation sites is 1. The van der Waals surface area contributed by atoms with Gasteiger partial charge in [0.2, 0.25) is 0 Å². The Morgan fingerprint density at radius 1 is 1.25 bits per heavy atom. The normalized spacial score (nSPS) is 26.4. The van der Waals surface area contributed by atoms with Crippen LogP contribution in [0.3, 0.4) is 0 Å². The minimum absolute atomic E-state index is 0.0521. The molecule has 1 fully saturated rings. The number of hydrogen-bond donors (Lipinski definition) is 4. The van der Waals surface area contributed by atoms with E-state index in [1.807, 2.05) is 4.98 Å². The van der Waals surface area contributed by atoms with E-state index >= 15 is 4.39 Å². The molecular weight excluding hydrogens is 504 g/mol. The molecule has 0 radical (unpaired) electrons. The number of aliphatic hydroxyl groups excluding tert-OH is 2. The maximum atomic E-state index is 15.6. The van der Waals surface area contributed by atoms with Crippen LogP contribution < -0.4 is 20.9 Å². The highest BCUT2D eigenvalue weighted by Crippen LogP contribution is 2.48. The van der Waals surface area contributed by atoms with Gasteiger partial charge in [0.1, 0.15) is 30.6 Å². The number of carbonyl (C=O) groups is 1. The summed E-state index contributed by atoms with van der Waals surface area (Å²) in [5.74, 6) is -3.90. The fourth-order valence-corrected chi connectivity index (χ4v) is 4.73. The summed E-state index contributed by atoms with van der Waals surface area (Å²) >= 11 is 0. The van der Waals surface area contributed by atoms with Crippen LogP contribution in [0.2, 0.25) is 0 Å². The number of aromatic amines is 1. The van der Waals surface area contributed by atoms with Crippen molar-refractivity contribution in [2.24, 2.45) is 0 Å². The molecule has 1 aliphatic heterocycles. The van der Waals surface area contributed by atoms with Gasteiger partial charge in [0, 0.05) is 12.3 Å². The van der Waals surface area contributed by atoms with Gasteiger partial charge in [0.15, 0.2) is 6.23 Å². The summed E-state index contributed by atoms with van der Waals surface area (Å²) in [7, 11) is -4.52. The van der Waals surface area contributed by atoms with Crippen molar-refractivity contribution in [3.8, 4) is 5.75 Å². The van der Waals surface area contributed by atoms with Crippen molar-refractivity contribution >= 4 is 13.7 Å². The van der Waals surface area contributed by atoms with Gasteiger partial charge in [-0.15, -0.1) is 0 Å². The molecule has 4 N–H and O–H groups in total. The van der Waals surface area contributed by atoms with Crippen LogP contribution in [0, 0.1) is 0 Å². The van der Waals surface area contributed by atoms with Crippen LogP contribution in [0.4, 0.5) is 4.39 Å². The smallest absolute Gasteiger partial charge is 0.459 e. The van der Waals surface area contributed by atoms with Crippen LogP contribution in [-0.4, -0.2) is 62.5 Å². The monoisotopic (exact) mass is 531 g/mol. The number of carbonyl (C=O) groups excluding carboxylic acids is 1. The molecule has 15 heteroatoms. The molecular formula is C21H27FN3O10P. The molecule has 0 spiro atoms. The number of aliphatic hydroxyl groups is 2. The molecule has 1 unspecified atom stereocenters. The lowest BCUT2D eigenvalue weighted by molar-refractivity contribution is -0.204. The Hall–Kier alpha value is -2.87. The summed E-state index contributed by atoms with van der Waals surface area (Å²) in [6, 6.07) is 7.38. The quantitative estimate of drug-likeness (QED) is 0.249. The molecule has 1 saturated heterocycles. The lowest BCUT2D eigenvalue weighted by Gasteiger charge is -2.27. The Balaban J connectivity index is 1.81. The van der Waals surface area contributed by atoms with Gasteiger partial charge in [-0.1, -0.05) is 18.2 Å². The number of aromatic nitrogens is 2. The van der Waals surface area contributed by atoms with E-state index in [-0.39, 0.29) is 5.75 Å². The second-order valence-corrected chi connectivity index (χ2v) is 9.95. The maximum Gasteiger partial charge on any atom is 0.459 e. The molecule has 1 aromatic heterocycles. The number of nitrogens with one attached hydrogen (secondary N) is 2. The molecule has 13 nitrogen and oxygen atoms in total. The molecule has 0 bridgehead atoms. The second kappa shape index (κ2) is 11.0. The predicted molar refractivity (Wildman–Crippen MR) is 122 cm³/mol. The van der Waals surface area contributed by atoms with Crippen molar-refractivity contribution in [2.45, 2.75) is 57.2 Å². The average Bonchev–Trinajstić information content (AvgIpc) is 3.02. The Morgan fingerprint density at radius 3 is 2.53 bits per heavy atom. The van der Waals surface area contributed by atoms with Crippen LogP contribution in [-0.2, 0) is 23.4 Å². The zero-order chi connectivity index (χ0) is 26.7. The van der Waals surface area contributed by atoms with Crippen molar-refractivity contribution in [2.75, 3.05) is 6.61 Å². The van der Waals surface area contributed by atoms with E-state index in [2.05, 4.69) is 5.09 Å². The Labute approximate surface area is 204 Å². The van der Waals surface area contributed by atoms with Crippen molar-refractivity contribution in [3.63, 3.8) is 0 Å². The first kappa shape index (κ1) is 27.7. The third-order valence-electron chi connectivity index (χ3n) is 4.96. The predicted octanol–water partition coefficient (Wildman–Crippen LogP) is 0.586. The molecule has 2 heterocycles. The summed E-state index contributed by atoms with van der Waals surface area (Å²) in [5, 5.41) is 23.0. The summed E-state index contributed by atoms with van der Waals surface area (Å²) in [4.78, 5) is 37.4. The van der Waals surface area contributed by atoms with E-state index in [0.717, 1.165) is 12.3 Å². The van der Waals surface area contributed by atoms with Crippen LogP contribution in [0.15, 0.2) is 52.2 Å². The number of esters is 1. The highest BCUT2D eigenvalue weighted by atomic mass is 31.2. The first-order valence-corrected chi connectivity index (χ1v) is 12.4. The zero-order valence-electron chi connectivity index (χ0n) is 19.6. The van der Waals surface area contributed by atoms with Gasteiger partial charge in [0.05, 0.1) is 6.10 Å². The largest absolute Gasteiger partial charge is 0.462 e. The van der Waals surface area contributed by atoms with Crippen molar-refractivity contribution in [3.05, 3.63) is 63.4 Å². The lowest BCUT2D eigenvalue weighted by Crippen LogP contribution is -2.44. The first-order chi connectivity index (χ1) is 16.8.